The molecule has 0 aromatic heterocycles. The highest BCUT2D eigenvalue weighted by atomic mass is 16.5. The third-order valence-electron chi connectivity index (χ3n) is 8.01. The maximum absolute atomic E-state index is 14.5. The minimum atomic E-state index is -1.43. The Morgan fingerprint density at radius 2 is 1.67 bits per heavy atom. The second kappa shape index (κ2) is 17.0. The van der Waals surface area contributed by atoms with Crippen LogP contribution in [0, 0.1) is 0 Å². The number of azide groups is 1. The first kappa shape index (κ1) is 34.0. The second-order valence-corrected chi connectivity index (χ2v) is 11.2. The minimum Gasteiger partial charge on any atom is -0.494 e. The molecule has 1 heterocycles. The Labute approximate surface area is 280 Å². The topological polar surface area (TPSA) is 150 Å². The smallest absolute Gasteiger partial charge is 0.266 e. The molecular weight excluding hydrogens is 608 g/mol. The standard InChI is InChI=1S/C37H40N6O5/c1-2-46-33-16-9-8-11-27(33)21-22-39-42-36(45)37(25-30-14-6-7-15-31(30)26-40-43-38)34(28-12-4-3-5-13-28)48-35(41-37)29-17-19-32(20-18-29)47-24-10-23-44/h3-9,11-20,34,39,44H,2,10,21-26H2,1H3,(H,42,45)/t34-,37-/m0/s1. The second-order valence-electron chi connectivity index (χ2n) is 11.2. The van der Waals surface area contributed by atoms with E-state index in [1.54, 1.807) is 0 Å². The molecular formula is C37H40N6O5. The van der Waals surface area contributed by atoms with Gasteiger partial charge in [0.25, 0.3) is 5.91 Å². The zero-order valence-electron chi connectivity index (χ0n) is 26.9. The number of amides is 1. The van der Waals surface area contributed by atoms with E-state index in [4.69, 9.17) is 29.8 Å². The fourth-order valence-corrected chi connectivity index (χ4v) is 5.65. The van der Waals surface area contributed by atoms with E-state index in [1.165, 1.54) is 0 Å². The summed E-state index contributed by atoms with van der Waals surface area (Å²) in [7, 11) is 0. The number of carbonyl (C=O) groups excluding carboxylic acids is 1. The number of para-hydroxylation sites is 1. The lowest BCUT2D eigenvalue weighted by Gasteiger charge is -2.31. The Hall–Kier alpha value is -5.35. The molecule has 11 heteroatoms. The molecule has 0 saturated carbocycles. The molecule has 0 unspecified atom stereocenters. The SMILES string of the molecule is CCOc1ccccc1CCNNC(=O)[C@@]1(Cc2ccccc2CN=[N+]=[N-])N=C(c2ccc(OCCCO)cc2)O[C@H]1c1ccccc1. The summed E-state index contributed by atoms with van der Waals surface area (Å²) in [6.45, 7) is 3.53. The van der Waals surface area contributed by atoms with Crippen LogP contribution in [0.2, 0.25) is 0 Å². The molecule has 0 radical (unpaired) electrons. The highest BCUT2D eigenvalue weighted by Crippen LogP contribution is 2.43. The van der Waals surface area contributed by atoms with Gasteiger partial charge in [-0.3, -0.25) is 10.2 Å². The molecule has 248 valence electrons. The van der Waals surface area contributed by atoms with Crippen LogP contribution in [0.1, 0.15) is 47.3 Å². The molecule has 1 amide bonds. The zero-order chi connectivity index (χ0) is 33.6. The van der Waals surface area contributed by atoms with E-state index in [0.717, 1.165) is 28.0 Å². The van der Waals surface area contributed by atoms with Gasteiger partial charge in [-0.2, -0.15) is 0 Å². The molecule has 1 aliphatic rings. The molecule has 11 nitrogen and oxygen atoms in total. The number of aliphatic hydroxyl groups is 1. The fraction of sp³-hybridized carbons (Fsp3) is 0.297. The van der Waals surface area contributed by atoms with Gasteiger partial charge in [0.1, 0.15) is 11.5 Å². The first-order chi connectivity index (χ1) is 23.6. The van der Waals surface area contributed by atoms with Crippen LogP contribution >= 0.6 is 0 Å². The van der Waals surface area contributed by atoms with Gasteiger partial charge in [-0.25, -0.2) is 10.4 Å². The Kier molecular flexibility index (Phi) is 12.0. The van der Waals surface area contributed by atoms with Crippen molar-refractivity contribution in [2.45, 2.75) is 44.4 Å². The van der Waals surface area contributed by atoms with Crippen molar-refractivity contribution in [1.29, 1.82) is 0 Å². The summed E-state index contributed by atoms with van der Waals surface area (Å²) >= 11 is 0. The number of benzene rings is 4. The van der Waals surface area contributed by atoms with E-state index >= 15 is 0 Å². The van der Waals surface area contributed by atoms with Crippen LogP contribution in [0.15, 0.2) is 113 Å². The van der Waals surface area contributed by atoms with E-state index in [1.807, 2.05) is 110 Å². The van der Waals surface area contributed by atoms with Gasteiger partial charge in [-0.15, -0.1) is 0 Å². The molecule has 0 saturated heterocycles. The van der Waals surface area contributed by atoms with Crippen LogP contribution in [0.3, 0.4) is 0 Å². The monoisotopic (exact) mass is 648 g/mol. The van der Waals surface area contributed by atoms with Crippen LogP contribution < -0.4 is 20.3 Å². The summed E-state index contributed by atoms with van der Waals surface area (Å²) in [4.78, 5) is 22.6. The number of rotatable bonds is 17. The van der Waals surface area contributed by atoms with Gasteiger partial charge in [0.05, 0.1) is 19.8 Å². The maximum Gasteiger partial charge on any atom is 0.266 e. The van der Waals surface area contributed by atoms with Gasteiger partial charge >= 0.3 is 0 Å². The van der Waals surface area contributed by atoms with Crippen LogP contribution in [0.4, 0.5) is 0 Å². The lowest BCUT2D eigenvalue weighted by molar-refractivity contribution is -0.130. The molecule has 4 aromatic carbocycles. The van der Waals surface area contributed by atoms with Crippen LogP contribution in [-0.4, -0.2) is 48.8 Å². The number of aliphatic imine (C=N–C) groups is 1. The third kappa shape index (κ3) is 8.32. The summed E-state index contributed by atoms with van der Waals surface area (Å²) in [6.07, 6.45) is 0.554. The van der Waals surface area contributed by atoms with Crippen molar-refractivity contribution < 1.29 is 24.1 Å². The minimum absolute atomic E-state index is 0.0508. The van der Waals surface area contributed by atoms with Crippen molar-refractivity contribution in [3.63, 3.8) is 0 Å². The van der Waals surface area contributed by atoms with E-state index in [0.29, 0.717) is 49.8 Å². The third-order valence-corrected chi connectivity index (χ3v) is 8.01. The van der Waals surface area contributed by atoms with Crippen molar-refractivity contribution in [3.8, 4) is 11.5 Å². The molecule has 2 atom stereocenters. The average Bonchev–Trinajstić information content (AvgIpc) is 3.51. The van der Waals surface area contributed by atoms with E-state index in [2.05, 4.69) is 20.9 Å². The Morgan fingerprint density at radius 3 is 2.40 bits per heavy atom. The van der Waals surface area contributed by atoms with Crippen molar-refractivity contribution in [3.05, 3.63) is 141 Å². The number of nitrogens with one attached hydrogen (secondary N) is 2. The summed E-state index contributed by atoms with van der Waals surface area (Å²) in [5.74, 6) is 1.41. The lowest BCUT2D eigenvalue weighted by Crippen LogP contribution is -2.54. The Bertz CT molecular complexity index is 1730. The van der Waals surface area contributed by atoms with Crippen LogP contribution in [0.25, 0.3) is 10.4 Å². The van der Waals surface area contributed by atoms with Gasteiger partial charge in [0, 0.05) is 36.5 Å². The number of hydrazine groups is 1. The number of hydrogen-bond donors (Lipinski definition) is 3. The molecule has 5 rings (SSSR count). The summed E-state index contributed by atoms with van der Waals surface area (Å²) in [5, 5.41) is 12.9. The summed E-state index contributed by atoms with van der Waals surface area (Å²) in [6, 6.07) is 32.3. The van der Waals surface area contributed by atoms with Crippen LogP contribution in [-0.2, 0) is 28.9 Å². The summed E-state index contributed by atoms with van der Waals surface area (Å²) in [5.41, 5.74) is 17.8. The van der Waals surface area contributed by atoms with Crippen molar-refractivity contribution in [1.82, 2.24) is 10.9 Å². The predicted molar refractivity (Wildman–Crippen MR) is 184 cm³/mol. The number of hydrogen-bond acceptors (Lipinski definition) is 8. The van der Waals surface area contributed by atoms with Crippen molar-refractivity contribution >= 4 is 11.8 Å². The predicted octanol–water partition coefficient (Wildman–Crippen LogP) is 6.02. The van der Waals surface area contributed by atoms with Crippen LogP contribution in [0.5, 0.6) is 11.5 Å². The van der Waals surface area contributed by atoms with Crippen molar-refractivity contribution in [2.75, 3.05) is 26.4 Å². The Morgan fingerprint density at radius 1 is 0.958 bits per heavy atom. The summed E-state index contributed by atoms with van der Waals surface area (Å²) < 4.78 is 18.1. The quantitative estimate of drug-likeness (QED) is 0.0419. The molecule has 0 fully saturated rings. The zero-order valence-corrected chi connectivity index (χ0v) is 26.9. The lowest BCUT2D eigenvalue weighted by atomic mass is 9.81. The van der Waals surface area contributed by atoms with Crippen molar-refractivity contribution in [2.24, 2.45) is 10.1 Å². The highest BCUT2D eigenvalue weighted by Gasteiger charge is 2.53. The number of nitrogens with zero attached hydrogens (tertiary/aromatic N) is 4. The molecule has 0 aliphatic carbocycles. The van der Waals surface area contributed by atoms with E-state index in [-0.39, 0.29) is 25.5 Å². The maximum atomic E-state index is 14.5. The molecule has 3 N–H and O–H groups in total. The molecule has 0 spiro atoms. The highest BCUT2D eigenvalue weighted by molar-refractivity contribution is 6.01. The van der Waals surface area contributed by atoms with Gasteiger partial charge in [-0.05, 0) is 71.5 Å². The number of carbonyl (C=O) groups is 1. The Balaban J connectivity index is 1.49. The average molecular weight is 649 g/mol. The molecule has 48 heavy (non-hydrogen) atoms. The fourth-order valence-electron chi connectivity index (χ4n) is 5.65. The van der Waals surface area contributed by atoms with Gasteiger partial charge in [-0.1, -0.05) is 77.9 Å². The number of aliphatic hydroxyl groups excluding tert-OH is 1. The molecule has 4 aromatic rings. The van der Waals surface area contributed by atoms with Gasteiger partial charge in [0.2, 0.25) is 5.90 Å². The van der Waals surface area contributed by atoms with Gasteiger partial charge in [0.15, 0.2) is 11.6 Å². The van der Waals surface area contributed by atoms with E-state index in [9.17, 15) is 4.79 Å². The number of ether oxygens (including phenoxy) is 3. The molecule has 1 aliphatic heterocycles. The first-order valence-corrected chi connectivity index (χ1v) is 16.0. The largest absolute Gasteiger partial charge is 0.494 e. The first-order valence-electron chi connectivity index (χ1n) is 16.0. The molecule has 0 bridgehead atoms. The van der Waals surface area contributed by atoms with Gasteiger partial charge < -0.3 is 19.3 Å². The normalized spacial score (nSPS) is 16.7. The van der Waals surface area contributed by atoms with E-state index < -0.39 is 11.6 Å².